The average molecular weight is 274 g/mol. The van der Waals surface area contributed by atoms with Crippen molar-refractivity contribution in [3.63, 3.8) is 0 Å². The van der Waals surface area contributed by atoms with Crippen LogP contribution in [0.25, 0.3) is 0 Å². The summed E-state index contributed by atoms with van der Waals surface area (Å²) in [5.41, 5.74) is 2.52. The molecule has 0 radical (unpaired) electrons. The van der Waals surface area contributed by atoms with Crippen molar-refractivity contribution < 1.29 is 14.5 Å². The maximum atomic E-state index is 5.94. The summed E-state index contributed by atoms with van der Waals surface area (Å²) in [6, 6.07) is 10.4. The second-order valence-corrected chi connectivity index (χ2v) is 5.41. The molecular formula is C17H24NO2+. The van der Waals surface area contributed by atoms with E-state index in [0.717, 1.165) is 24.6 Å². The molecule has 2 rings (SSSR count). The minimum absolute atomic E-state index is 0.484. The minimum atomic E-state index is 0.484. The monoisotopic (exact) mass is 274 g/mol. The van der Waals surface area contributed by atoms with Gasteiger partial charge in [0.15, 0.2) is 5.76 Å². The van der Waals surface area contributed by atoms with Crippen molar-refractivity contribution in [3.05, 3.63) is 53.5 Å². The van der Waals surface area contributed by atoms with Crippen LogP contribution in [-0.2, 0) is 6.54 Å². The van der Waals surface area contributed by atoms with Crippen molar-refractivity contribution in [3.8, 4) is 5.75 Å². The quantitative estimate of drug-likeness (QED) is 0.789. The Morgan fingerprint density at radius 3 is 2.80 bits per heavy atom. The molecule has 1 aromatic carbocycles. The van der Waals surface area contributed by atoms with Gasteiger partial charge in [-0.1, -0.05) is 26.0 Å². The van der Waals surface area contributed by atoms with E-state index in [1.807, 2.05) is 12.1 Å². The highest BCUT2D eigenvalue weighted by molar-refractivity contribution is 5.39. The van der Waals surface area contributed by atoms with Gasteiger partial charge in [-0.2, -0.15) is 0 Å². The summed E-state index contributed by atoms with van der Waals surface area (Å²) in [5.74, 6) is 2.51. The molecule has 2 aromatic rings. The van der Waals surface area contributed by atoms with Crippen molar-refractivity contribution in [1.29, 1.82) is 0 Å². The molecule has 0 amide bonds. The van der Waals surface area contributed by atoms with E-state index in [4.69, 9.17) is 9.15 Å². The second-order valence-electron chi connectivity index (χ2n) is 5.41. The Morgan fingerprint density at radius 1 is 1.25 bits per heavy atom. The first kappa shape index (κ1) is 14.7. The van der Waals surface area contributed by atoms with E-state index in [-0.39, 0.29) is 0 Å². The zero-order valence-corrected chi connectivity index (χ0v) is 12.6. The standard InChI is InChI=1S/C17H23NO2/c1-13(2)16-7-6-14(3)11-17(16)20-10-8-18-12-15-5-4-9-19-15/h4-7,9,11,13,18H,8,10,12H2,1-3H3/p+1. The summed E-state index contributed by atoms with van der Waals surface area (Å²) in [7, 11) is 0. The fraction of sp³-hybridized carbons (Fsp3) is 0.412. The van der Waals surface area contributed by atoms with E-state index in [9.17, 15) is 0 Å². The third-order valence-corrected chi connectivity index (χ3v) is 3.30. The zero-order valence-electron chi connectivity index (χ0n) is 12.6. The fourth-order valence-corrected chi connectivity index (χ4v) is 2.17. The third kappa shape index (κ3) is 4.14. The summed E-state index contributed by atoms with van der Waals surface area (Å²) in [5, 5.41) is 2.20. The highest BCUT2D eigenvalue weighted by Gasteiger charge is 2.08. The van der Waals surface area contributed by atoms with E-state index in [2.05, 4.69) is 44.3 Å². The molecule has 0 aliphatic carbocycles. The van der Waals surface area contributed by atoms with Crippen LogP contribution >= 0.6 is 0 Å². The van der Waals surface area contributed by atoms with Gasteiger partial charge < -0.3 is 14.5 Å². The van der Waals surface area contributed by atoms with Crippen LogP contribution < -0.4 is 10.1 Å². The number of quaternary nitrogens is 1. The Morgan fingerprint density at radius 2 is 2.10 bits per heavy atom. The predicted octanol–water partition coefficient (Wildman–Crippen LogP) is 2.85. The molecule has 1 aromatic heterocycles. The van der Waals surface area contributed by atoms with E-state index in [1.165, 1.54) is 11.1 Å². The highest BCUT2D eigenvalue weighted by Crippen LogP contribution is 2.27. The summed E-state index contributed by atoms with van der Waals surface area (Å²) in [6.07, 6.45) is 1.71. The summed E-state index contributed by atoms with van der Waals surface area (Å²) < 4.78 is 11.2. The minimum Gasteiger partial charge on any atom is -0.487 e. The van der Waals surface area contributed by atoms with Crippen LogP contribution in [-0.4, -0.2) is 13.2 Å². The van der Waals surface area contributed by atoms with Gasteiger partial charge in [0, 0.05) is 0 Å². The molecule has 3 heteroatoms. The third-order valence-electron chi connectivity index (χ3n) is 3.30. The van der Waals surface area contributed by atoms with Gasteiger partial charge in [-0.15, -0.1) is 0 Å². The molecule has 0 atom stereocenters. The van der Waals surface area contributed by atoms with Crippen LogP contribution in [0.5, 0.6) is 5.75 Å². The van der Waals surface area contributed by atoms with Crippen LogP contribution in [0.2, 0.25) is 0 Å². The van der Waals surface area contributed by atoms with Gasteiger partial charge in [-0.05, 0) is 42.2 Å². The smallest absolute Gasteiger partial charge is 0.157 e. The zero-order chi connectivity index (χ0) is 14.4. The van der Waals surface area contributed by atoms with Crippen molar-refractivity contribution in [1.82, 2.24) is 0 Å². The first-order valence-corrected chi connectivity index (χ1v) is 7.24. The molecule has 20 heavy (non-hydrogen) atoms. The predicted molar refractivity (Wildman–Crippen MR) is 80.0 cm³/mol. The van der Waals surface area contributed by atoms with E-state index in [0.29, 0.717) is 12.5 Å². The maximum absolute atomic E-state index is 5.94. The Bertz CT molecular complexity index is 518. The fourth-order valence-electron chi connectivity index (χ4n) is 2.17. The normalized spacial score (nSPS) is 11.0. The first-order chi connectivity index (χ1) is 9.66. The lowest BCUT2D eigenvalue weighted by Crippen LogP contribution is -2.83. The summed E-state index contributed by atoms with van der Waals surface area (Å²) >= 11 is 0. The molecule has 0 fully saturated rings. The molecule has 0 aliphatic heterocycles. The van der Waals surface area contributed by atoms with E-state index >= 15 is 0 Å². The number of rotatable bonds is 7. The number of hydrogen-bond acceptors (Lipinski definition) is 2. The lowest BCUT2D eigenvalue weighted by Gasteiger charge is -2.14. The van der Waals surface area contributed by atoms with Gasteiger partial charge in [0.1, 0.15) is 25.4 Å². The van der Waals surface area contributed by atoms with Crippen molar-refractivity contribution in [2.24, 2.45) is 0 Å². The van der Waals surface area contributed by atoms with Gasteiger partial charge in [0.2, 0.25) is 0 Å². The van der Waals surface area contributed by atoms with Gasteiger partial charge in [0.05, 0.1) is 6.26 Å². The molecule has 0 saturated heterocycles. The van der Waals surface area contributed by atoms with Crippen LogP contribution in [0, 0.1) is 6.92 Å². The van der Waals surface area contributed by atoms with E-state index in [1.54, 1.807) is 6.26 Å². The highest BCUT2D eigenvalue weighted by atomic mass is 16.5. The molecular weight excluding hydrogens is 250 g/mol. The number of aryl methyl sites for hydroxylation is 1. The van der Waals surface area contributed by atoms with Crippen molar-refractivity contribution >= 4 is 0 Å². The van der Waals surface area contributed by atoms with Gasteiger partial charge in [0.25, 0.3) is 0 Å². The first-order valence-electron chi connectivity index (χ1n) is 7.24. The molecule has 108 valence electrons. The molecule has 1 heterocycles. The van der Waals surface area contributed by atoms with Crippen molar-refractivity contribution in [2.75, 3.05) is 13.2 Å². The molecule has 0 aliphatic rings. The lowest BCUT2D eigenvalue weighted by molar-refractivity contribution is -0.672. The van der Waals surface area contributed by atoms with Crippen LogP contribution in [0.1, 0.15) is 36.7 Å². The topological polar surface area (TPSA) is 39.0 Å². The van der Waals surface area contributed by atoms with E-state index < -0.39 is 0 Å². The Labute approximate surface area is 121 Å². The van der Waals surface area contributed by atoms with Gasteiger partial charge >= 0.3 is 0 Å². The Hall–Kier alpha value is -1.74. The number of hydrogen-bond donors (Lipinski definition) is 1. The molecule has 0 saturated carbocycles. The SMILES string of the molecule is Cc1ccc(C(C)C)c(OCC[NH2+]Cc2ccco2)c1. The number of ether oxygens (including phenoxy) is 1. The maximum Gasteiger partial charge on any atom is 0.157 e. The molecule has 3 nitrogen and oxygen atoms in total. The Kier molecular flexibility index (Phi) is 5.24. The Balaban J connectivity index is 1.80. The molecule has 2 N–H and O–H groups in total. The average Bonchev–Trinajstić information content (AvgIpc) is 2.91. The van der Waals surface area contributed by atoms with Crippen LogP contribution in [0.4, 0.5) is 0 Å². The summed E-state index contributed by atoms with van der Waals surface area (Å²) in [4.78, 5) is 0. The van der Waals surface area contributed by atoms with Crippen molar-refractivity contribution in [2.45, 2.75) is 33.2 Å². The molecule has 0 unspecified atom stereocenters. The summed E-state index contributed by atoms with van der Waals surface area (Å²) in [6.45, 7) is 8.98. The lowest BCUT2D eigenvalue weighted by atomic mass is 10.0. The van der Waals surface area contributed by atoms with Crippen LogP contribution in [0.3, 0.4) is 0 Å². The van der Waals surface area contributed by atoms with Crippen LogP contribution in [0.15, 0.2) is 41.0 Å². The largest absolute Gasteiger partial charge is 0.487 e. The van der Waals surface area contributed by atoms with Gasteiger partial charge in [-0.3, -0.25) is 0 Å². The number of furan rings is 1. The second kappa shape index (κ2) is 7.15. The molecule has 0 spiro atoms. The number of benzene rings is 1. The van der Waals surface area contributed by atoms with Gasteiger partial charge in [-0.25, -0.2) is 0 Å². The molecule has 0 bridgehead atoms. The number of nitrogens with two attached hydrogens (primary N) is 1.